The predicted octanol–water partition coefficient (Wildman–Crippen LogP) is 3.28. The quantitative estimate of drug-likeness (QED) is 0.741. The molecule has 154 valence electrons. The SMILES string of the molecule is CCOc1ccccc1Oc1ccc(CNC(=O)N2CCCC(C(=O)O)C2)cn1. The number of nitrogens with one attached hydrogen (secondary N) is 1. The van der Waals surface area contributed by atoms with E-state index in [1.165, 1.54) is 0 Å². The molecule has 0 aliphatic carbocycles. The summed E-state index contributed by atoms with van der Waals surface area (Å²) in [7, 11) is 0. The van der Waals surface area contributed by atoms with Gasteiger partial charge in [-0.05, 0) is 37.5 Å². The number of aliphatic carboxylic acids is 1. The number of amides is 2. The maximum absolute atomic E-state index is 12.3. The molecule has 3 rings (SSSR count). The van der Waals surface area contributed by atoms with Crippen LogP contribution in [-0.4, -0.2) is 46.7 Å². The highest BCUT2D eigenvalue weighted by atomic mass is 16.5. The largest absolute Gasteiger partial charge is 0.490 e. The second-order valence-corrected chi connectivity index (χ2v) is 6.77. The van der Waals surface area contributed by atoms with E-state index in [0.29, 0.717) is 49.9 Å². The minimum Gasteiger partial charge on any atom is -0.490 e. The number of carbonyl (C=O) groups excluding carboxylic acids is 1. The number of carboxylic acids is 1. The van der Waals surface area contributed by atoms with Crippen molar-refractivity contribution in [2.75, 3.05) is 19.7 Å². The van der Waals surface area contributed by atoms with Crippen LogP contribution in [0.15, 0.2) is 42.6 Å². The molecule has 0 saturated carbocycles. The summed E-state index contributed by atoms with van der Waals surface area (Å²) in [5.41, 5.74) is 0.815. The topological polar surface area (TPSA) is 101 Å². The zero-order chi connectivity index (χ0) is 20.6. The first-order valence-electron chi connectivity index (χ1n) is 9.67. The summed E-state index contributed by atoms with van der Waals surface area (Å²) in [6.07, 6.45) is 2.94. The molecular formula is C21H25N3O5. The lowest BCUT2D eigenvalue weighted by atomic mass is 9.99. The van der Waals surface area contributed by atoms with Crippen LogP contribution in [-0.2, 0) is 11.3 Å². The zero-order valence-corrected chi connectivity index (χ0v) is 16.3. The first-order valence-corrected chi connectivity index (χ1v) is 9.67. The van der Waals surface area contributed by atoms with E-state index in [0.717, 1.165) is 5.56 Å². The van der Waals surface area contributed by atoms with Crippen LogP contribution in [0.4, 0.5) is 4.79 Å². The number of nitrogens with zero attached hydrogens (tertiary/aromatic N) is 2. The van der Waals surface area contributed by atoms with E-state index in [9.17, 15) is 9.59 Å². The number of carboxylic acid groups (broad SMARTS) is 1. The number of rotatable bonds is 7. The van der Waals surface area contributed by atoms with E-state index >= 15 is 0 Å². The Kier molecular flexibility index (Phi) is 6.89. The van der Waals surface area contributed by atoms with E-state index in [1.807, 2.05) is 37.3 Å². The van der Waals surface area contributed by atoms with Crippen LogP contribution in [0.2, 0.25) is 0 Å². The molecule has 1 aliphatic rings. The van der Waals surface area contributed by atoms with Gasteiger partial charge in [-0.15, -0.1) is 0 Å². The van der Waals surface area contributed by atoms with Gasteiger partial charge in [-0.3, -0.25) is 4.79 Å². The number of ether oxygens (including phenoxy) is 2. The van der Waals surface area contributed by atoms with Crippen LogP contribution in [0.1, 0.15) is 25.3 Å². The van der Waals surface area contributed by atoms with Crippen LogP contribution in [0.5, 0.6) is 17.4 Å². The maximum atomic E-state index is 12.3. The fraction of sp³-hybridized carbons (Fsp3) is 0.381. The molecule has 8 heteroatoms. The molecular weight excluding hydrogens is 374 g/mol. The monoisotopic (exact) mass is 399 g/mol. The molecule has 1 aliphatic heterocycles. The first-order chi connectivity index (χ1) is 14.1. The Hall–Kier alpha value is -3.29. The fourth-order valence-corrected chi connectivity index (χ4v) is 3.15. The van der Waals surface area contributed by atoms with E-state index < -0.39 is 11.9 Å². The second-order valence-electron chi connectivity index (χ2n) is 6.77. The van der Waals surface area contributed by atoms with E-state index in [1.54, 1.807) is 17.2 Å². The third-order valence-corrected chi connectivity index (χ3v) is 4.66. The van der Waals surface area contributed by atoms with E-state index in [2.05, 4.69) is 10.3 Å². The van der Waals surface area contributed by atoms with Gasteiger partial charge < -0.3 is 24.8 Å². The summed E-state index contributed by atoms with van der Waals surface area (Å²) in [6, 6.07) is 10.7. The van der Waals surface area contributed by atoms with Crippen molar-refractivity contribution in [2.24, 2.45) is 5.92 Å². The van der Waals surface area contributed by atoms with Crippen LogP contribution in [0, 0.1) is 5.92 Å². The number of likely N-dealkylation sites (tertiary alicyclic amines) is 1. The van der Waals surface area contributed by atoms with Gasteiger partial charge in [0.1, 0.15) is 0 Å². The standard InChI is InChI=1S/C21H25N3O5/c1-2-28-17-7-3-4-8-18(17)29-19-10-9-15(12-22-19)13-23-21(27)24-11-5-6-16(14-24)20(25)26/h3-4,7-10,12,16H,2,5-6,11,13-14H2,1H3,(H,23,27)(H,25,26). The van der Waals surface area contributed by atoms with Gasteiger partial charge in [0.15, 0.2) is 11.5 Å². The molecule has 8 nitrogen and oxygen atoms in total. The van der Waals surface area contributed by atoms with Gasteiger partial charge in [-0.2, -0.15) is 0 Å². The normalized spacial score (nSPS) is 16.2. The van der Waals surface area contributed by atoms with Gasteiger partial charge in [-0.1, -0.05) is 18.2 Å². The van der Waals surface area contributed by atoms with Gasteiger partial charge >= 0.3 is 12.0 Å². The Labute approximate surface area is 169 Å². The highest BCUT2D eigenvalue weighted by Crippen LogP contribution is 2.30. The summed E-state index contributed by atoms with van der Waals surface area (Å²) in [5, 5.41) is 12.0. The predicted molar refractivity (Wildman–Crippen MR) is 106 cm³/mol. The number of hydrogen-bond donors (Lipinski definition) is 2. The van der Waals surface area contributed by atoms with Crippen molar-refractivity contribution in [3.8, 4) is 17.4 Å². The molecule has 1 atom stereocenters. The van der Waals surface area contributed by atoms with Gasteiger partial charge in [0, 0.05) is 31.9 Å². The third-order valence-electron chi connectivity index (χ3n) is 4.66. The van der Waals surface area contributed by atoms with Crippen molar-refractivity contribution in [1.82, 2.24) is 15.2 Å². The number of para-hydroxylation sites is 2. The number of aromatic nitrogens is 1. The first kappa shape index (κ1) is 20.4. The lowest BCUT2D eigenvalue weighted by Crippen LogP contribution is -2.46. The number of carbonyl (C=O) groups is 2. The molecule has 29 heavy (non-hydrogen) atoms. The zero-order valence-electron chi connectivity index (χ0n) is 16.3. The van der Waals surface area contributed by atoms with Crippen LogP contribution >= 0.6 is 0 Å². The summed E-state index contributed by atoms with van der Waals surface area (Å²) in [5.74, 6) is 0.309. The molecule has 1 fully saturated rings. The number of pyridine rings is 1. The minimum absolute atomic E-state index is 0.242. The van der Waals surface area contributed by atoms with Gasteiger partial charge in [0.05, 0.1) is 12.5 Å². The van der Waals surface area contributed by atoms with Crippen LogP contribution < -0.4 is 14.8 Å². The Morgan fingerprint density at radius 3 is 2.72 bits per heavy atom. The molecule has 1 aromatic heterocycles. The van der Waals surface area contributed by atoms with Crippen molar-refractivity contribution in [3.63, 3.8) is 0 Å². The smallest absolute Gasteiger partial charge is 0.317 e. The lowest BCUT2D eigenvalue weighted by molar-refractivity contribution is -0.143. The Morgan fingerprint density at radius 1 is 1.24 bits per heavy atom. The van der Waals surface area contributed by atoms with Crippen molar-refractivity contribution >= 4 is 12.0 Å². The number of hydrogen-bond acceptors (Lipinski definition) is 5. The Morgan fingerprint density at radius 2 is 2.03 bits per heavy atom. The Balaban J connectivity index is 1.53. The molecule has 0 spiro atoms. The number of benzene rings is 1. The number of urea groups is 1. The van der Waals surface area contributed by atoms with E-state index in [-0.39, 0.29) is 12.6 Å². The lowest BCUT2D eigenvalue weighted by Gasteiger charge is -2.30. The summed E-state index contributed by atoms with van der Waals surface area (Å²) in [6.45, 7) is 3.56. The molecule has 2 N–H and O–H groups in total. The van der Waals surface area contributed by atoms with Gasteiger partial charge in [0.2, 0.25) is 5.88 Å². The fourth-order valence-electron chi connectivity index (χ4n) is 3.15. The molecule has 0 bridgehead atoms. The molecule has 2 aromatic rings. The van der Waals surface area contributed by atoms with Crippen molar-refractivity contribution < 1.29 is 24.2 Å². The maximum Gasteiger partial charge on any atom is 0.317 e. The molecule has 1 aromatic carbocycles. The van der Waals surface area contributed by atoms with Crippen molar-refractivity contribution in [3.05, 3.63) is 48.2 Å². The van der Waals surface area contributed by atoms with E-state index in [4.69, 9.17) is 14.6 Å². The van der Waals surface area contributed by atoms with Crippen molar-refractivity contribution in [1.29, 1.82) is 0 Å². The van der Waals surface area contributed by atoms with Crippen LogP contribution in [0.3, 0.4) is 0 Å². The average molecular weight is 399 g/mol. The molecule has 2 amide bonds. The summed E-state index contributed by atoms with van der Waals surface area (Å²) in [4.78, 5) is 29.3. The van der Waals surface area contributed by atoms with Crippen LogP contribution in [0.25, 0.3) is 0 Å². The summed E-state index contributed by atoms with van der Waals surface area (Å²) < 4.78 is 11.3. The molecule has 1 saturated heterocycles. The van der Waals surface area contributed by atoms with Gasteiger partial charge in [-0.25, -0.2) is 9.78 Å². The Bertz CT molecular complexity index is 840. The molecule has 2 heterocycles. The van der Waals surface area contributed by atoms with Gasteiger partial charge in [0.25, 0.3) is 0 Å². The minimum atomic E-state index is -0.854. The molecule has 0 radical (unpaired) electrons. The molecule has 1 unspecified atom stereocenters. The highest BCUT2D eigenvalue weighted by Gasteiger charge is 2.27. The third kappa shape index (κ3) is 5.60. The highest BCUT2D eigenvalue weighted by molar-refractivity contribution is 5.76. The number of piperidine rings is 1. The van der Waals surface area contributed by atoms with Crippen molar-refractivity contribution in [2.45, 2.75) is 26.3 Å². The average Bonchev–Trinajstić information content (AvgIpc) is 2.74. The summed E-state index contributed by atoms with van der Waals surface area (Å²) >= 11 is 0. The second kappa shape index (κ2) is 9.77.